The maximum absolute atomic E-state index is 12.4. The number of aromatic nitrogens is 1. The fourth-order valence-electron chi connectivity index (χ4n) is 3.28. The van der Waals surface area contributed by atoms with Crippen LogP contribution in [0.15, 0.2) is 35.2 Å². The van der Waals surface area contributed by atoms with Crippen molar-refractivity contribution in [3.8, 4) is 5.75 Å². The van der Waals surface area contributed by atoms with E-state index < -0.39 is 0 Å². The van der Waals surface area contributed by atoms with Crippen molar-refractivity contribution >= 4 is 17.1 Å². The number of thiazole rings is 1. The Balaban J connectivity index is 1.53. The lowest BCUT2D eigenvalue weighted by molar-refractivity contribution is 0.0455. The van der Waals surface area contributed by atoms with Crippen LogP contribution in [-0.2, 0) is 6.54 Å². The Hall–Kier alpha value is -1.72. The van der Waals surface area contributed by atoms with Gasteiger partial charge in [0.1, 0.15) is 11.4 Å². The van der Waals surface area contributed by atoms with Gasteiger partial charge in [-0.25, -0.2) is 4.98 Å². The van der Waals surface area contributed by atoms with Gasteiger partial charge in [0, 0.05) is 31.4 Å². The van der Waals surface area contributed by atoms with Crippen LogP contribution in [-0.4, -0.2) is 34.4 Å². The summed E-state index contributed by atoms with van der Waals surface area (Å²) in [5.74, 6) is 0.941. The molecule has 2 aromatic rings. The van der Waals surface area contributed by atoms with Gasteiger partial charge in [-0.15, -0.1) is 11.3 Å². The second-order valence-corrected chi connectivity index (χ2v) is 6.54. The van der Waals surface area contributed by atoms with Crippen molar-refractivity contribution < 1.29 is 9.53 Å². The van der Waals surface area contributed by atoms with E-state index in [1.165, 1.54) is 0 Å². The first-order valence-corrected chi connectivity index (χ1v) is 8.09. The Labute approximate surface area is 127 Å². The summed E-state index contributed by atoms with van der Waals surface area (Å²) >= 11 is 1.62. The van der Waals surface area contributed by atoms with Gasteiger partial charge in [-0.3, -0.25) is 9.69 Å². The van der Waals surface area contributed by atoms with Crippen molar-refractivity contribution in [1.82, 2.24) is 9.88 Å². The minimum Gasteiger partial charge on any atom is -0.485 e. The zero-order valence-electron chi connectivity index (χ0n) is 11.6. The third-order valence-electron chi connectivity index (χ3n) is 4.26. The molecule has 4 nitrogen and oxygen atoms in total. The van der Waals surface area contributed by atoms with Crippen molar-refractivity contribution in [2.24, 2.45) is 0 Å². The first-order valence-electron chi connectivity index (χ1n) is 7.15. The fraction of sp³-hybridized carbons (Fsp3) is 0.375. The minimum absolute atomic E-state index is 0.201. The number of para-hydroxylation sites is 1. The topological polar surface area (TPSA) is 42.4 Å². The zero-order chi connectivity index (χ0) is 14.3. The molecule has 0 aliphatic carbocycles. The van der Waals surface area contributed by atoms with Gasteiger partial charge in [0.25, 0.3) is 0 Å². The van der Waals surface area contributed by atoms with E-state index in [0.717, 1.165) is 43.1 Å². The average molecular weight is 300 g/mol. The maximum Gasteiger partial charge on any atom is 0.170 e. The molecule has 1 saturated heterocycles. The van der Waals surface area contributed by atoms with Gasteiger partial charge >= 0.3 is 0 Å². The van der Waals surface area contributed by atoms with Crippen molar-refractivity contribution in [1.29, 1.82) is 0 Å². The molecule has 21 heavy (non-hydrogen) atoms. The summed E-state index contributed by atoms with van der Waals surface area (Å²) in [5.41, 5.74) is 3.33. The van der Waals surface area contributed by atoms with Crippen LogP contribution in [0.1, 0.15) is 28.9 Å². The Morgan fingerprint density at radius 2 is 2.29 bits per heavy atom. The van der Waals surface area contributed by atoms with E-state index in [4.69, 9.17) is 4.74 Å². The predicted octanol–water partition coefficient (Wildman–Crippen LogP) is 2.75. The molecule has 1 unspecified atom stereocenters. The summed E-state index contributed by atoms with van der Waals surface area (Å²) in [6.07, 6.45) is 1.38. The van der Waals surface area contributed by atoms with E-state index in [2.05, 4.69) is 15.3 Å². The molecule has 1 aromatic heterocycles. The maximum atomic E-state index is 12.4. The predicted molar refractivity (Wildman–Crippen MR) is 80.8 cm³/mol. The molecular formula is C16H16N2O2S. The van der Waals surface area contributed by atoms with Gasteiger partial charge in [-0.2, -0.15) is 0 Å². The number of hydrogen-bond acceptors (Lipinski definition) is 5. The van der Waals surface area contributed by atoms with Gasteiger partial charge in [0.2, 0.25) is 0 Å². The summed E-state index contributed by atoms with van der Waals surface area (Å²) < 4.78 is 6.22. The van der Waals surface area contributed by atoms with Crippen molar-refractivity contribution in [3.63, 3.8) is 0 Å². The SMILES string of the molecule is O=C1CC2(CCN(Cc3cscn3)C2)Oc2ccccc21. The smallest absolute Gasteiger partial charge is 0.170 e. The molecule has 3 heterocycles. The Morgan fingerprint density at radius 3 is 3.14 bits per heavy atom. The third-order valence-corrected chi connectivity index (χ3v) is 4.90. The number of Topliss-reactive ketones (excluding diaryl/α,β-unsaturated/α-hetero) is 1. The van der Waals surface area contributed by atoms with Crippen LogP contribution < -0.4 is 4.74 Å². The number of ketones is 1. The number of likely N-dealkylation sites (tertiary alicyclic amines) is 1. The number of hydrogen-bond donors (Lipinski definition) is 0. The molecule has 1 aromatic carbocycles. The molecule has 2 aliphatic rings. The van der Waals surface area contributed by atoms with E-state index >= 15 is 0 Å². The highest BCUT2D eigenvalue weighted by Crippen LogP contribution is 2.38. The number of benzene rings is 1. The Morgan fingerprint density at radius 1 is 1.38 bits per heavy atom. The number of carbonyl (C=O) groups excluding carboxylic acids is 1. The van der Waals surface area contributed by atoms with Crippen molar-refractivity contribution in [2.75, 3.05) is 13.1 Å². The summed E-state index contributed by atoms with van der Waals surface area (Å²) in [6.45, 7) is 2.59. The molecule has 108 valence electrons. The molecule has 0 amide bonds. The molecule has 1 spiro atoms. The molecule has 1 atom stereocenters. The van der Waals surface area contributed by atoms with Crippen LogP contribution in [0.2, 0.25) is 0 Å². The number of ether oxygens (including phenoxy) is 1. The molecule has 4 rings (SSSR count). The van der Waals surface area contributed by atoms with Crippen molar-refractivity contribution in [2.45, 2.75) is 25.0 Å². The van der Waals surface area contributed by atoms with E-state index in [9.17, 15) is 4.79 Å². The number of carbonyl (C=O) groups is 1. The van der Waals surface area contributed by atoms with Crippen LogP contribution in [0.5, 0.6) is 5.75 Å². The highest BCUT2D eigenvalue weighted by Gasteiger charge is 2.45. The molecule has 0 N–H and O–H groups in total. The van der Waals surface area contributed by atoms with E-state index in [1.54, 1.807) is 11.3 Å². The van der Waals surface area contributed by atoms with Crippen LogP contribution in [0.25, 0.3) is 0 Å². The Bertz CT molecular complexity index is 671. The standard InChI is InChI=1S/C16H16N2O2S/c19-14-7-16(20-15-4-2-1-3-13(14)15)5-6-18(10-16)8-12-9-21-11-17-12/h1-4,9,11H,5-8,10H2. The molecule has 1 fully saturated rings. The normalized spacial score (nSPS) is 25.0. The summed E-state index contributed by atoms with van der Waals surface area (Å²) in [6, 6.07) is 7.57. The van der Waals surface area contributed by atoms with Crippen LogP contribution in [0.3, 0.4) is 0 Å². The van der Waals surface area contributed by atoms with Crippen LogP contribution in [0, 0.1) is 0 Å². The molecule has 5 heteroatoms. The van der Waals surface area contributed by atoms with Gasteiger partial charge < -0.3 is 4.74 Å². The molecule has 0 bridgehead atoms. The summed E-state index contributed by atoms with van der Waals surface area (Å²) in [4.78, 5) is 19.0. The second-order valence-electron chi connectivity index (χ2n) is 5.82. The van der Waals surface area contributed by atoms with Crippen molar-refractivity contribution in [3.05, 3.63) is 46.4 Å². The highest BCUT2D eigenvalue weighted by atomic mass is 32.1. The third kappa shape index (κ3) is 2.36. The molecule has 0 saturated carbocycles. The number of rotatable bonds is 2. The van der Waals surface area contributed by atoms with E-state index in [-0.39, 0.29) is 11.4 Å². The zero-order valence-corrected chi connectivity index (χ0v) is 12.4. The first-order chi connectivity index (χ1) is 10.2. The number of nitrogens with zero attached hydrogens (tertiary/aromatic N) is 2. The molecule has 2 aliphatic heterocycles. The van der Waals surface area contributed by atoms with Gasteiger partial charge in [-0.05, 0) is 12.1 Å². The quantitative estimate of drug-likeness (QED) is 0.855. The lowest BCUT2D eigenvalue weighted by atomic mass is 9.89. The average Bonchev–Trinajstić information content (AvgIpc) is 3.10. The largest absolute Gasteiger partial charge is 0.485 e. The van der Waals surface area contributed by atoms with Crippen LogP contribution in [0.4, 0.5) is 0 Å². The fourth-order valence-corrected chi connectivity index (χ4v) is 3.83. The van der Waals surface area contributed by atoms with E-state index in [1.807, 2.05) is 29.8 Å². The van der Waals surface area contributed by atoms with Gasteiger partial charge in [0.15, 0.2) is 5.78 Å². The van der Waals surface area contributed by atoms with Gasteiger partial charge in [0.05, 0.1) is 23.2 Å². The monoisotopic (exact) mass is 300 g/mol. The Kier molecular flexibility index (Phi) is 3.05. The van der Waals surface area contributed by atoms with E-state index in [0.29, 0.717) is 6.42 Å². The summed E-state index contributed by atoms with van der Waals surface area (Å²) in [5, 5.41) is 2.08. The minimum atomic E-state index is -0.346. The highest BCUT2D eigenvalue weighted by molar-refractivity contribution is 7.07. The number of fused-ring (bicyclic) bond motifs is 1. The van der Waals surface area contributed by atoms with Gasteiger partial charge in [-0.1, -0.05) is 12.1 Å². The molecular weight excluding hydrogens is 284 g/mol. The summed E-state index contributed by atoms with van der Waals surface area (Å²) in [7, 11) is 0. The molecule has 0 radical (unpaired) electrons. The van der Waals surface area contributed by atoms with Crippen LogP contribution >= 0.6 is 11.3 Å². The first kappa shape index (κ1) is 13.0. The lowest BCUT2D eigenvalue weighted by Crippen LogP contribution is -2.44. The lowest BCUT2D eigenvalue weighted by Gasteiger charge is -2.34. The second kappa shape index (κ2) is 4.93.